The molecule has 166 valence electrons. The van der Waals surface area contributed by atoms with Crippen LogP contribution in [0.15, 0.2) is 72.8 Å². The molecule has 3 aromatic carbocycles. The number of amides is 2. The van der Waals surface area contributed by atoms with Crippen molar-refractivity contribution in [2.75, 3.05) is 24.4 Å². The van der Waals surface area contributed by atoms with Crippen molar-refractivity contribution in [1.29, 1.82) is 0 Å². The molecule has 3 aromatic rings. The fourth-order valence-corrected chi connectivity index (χ4v) is 2.74. The first-order valence-corrected chi connectivity index (χ1v) is 9.40. The molecule has 0 saturated heterocycles. The van der Waals surface area contributed by atoms with Crippen molar-refractivity contribution in [3.63, 3.8) is 0 Å². The maximum Gasteiger partial charge on any atom is 0.416 e. The number of hydrogen-bond acceptors (Lipinski definition) is 4. The Bertz CT molecular complexity index is 1100. The number of alkyl halides is 3. The Kier molecular flexibility index (Phi) is 7.11. The molecule has 0 unspecified atom stereocenters. The number of anilines is 2. The summed E-state index contributed by atoms with van der Waals surface area (Å²) in [6.07, 6.45) is -4.48. The predicted molar refractivity (Wildman–Crippen MR) is 113 cm³/mol. The summed E-state index contributed by atoms with van der Waals surface area (Å²) in [5.74, 6) is -0.519. The van der Waals surface area contributed by atoms with Gasteiger partial charge in [-0.05, 0) is 60.7 Å². The van der Waals surface area contributed by atoms with Gasteiger partial charge >= 0.3 is 6.18 Å². The second kappa shape index (κ2) is 9.97. The number of nitrogens with one attached hydrogen (secondary N) is 2. The van der Waals surface area contributed by atoms with E-state index in [4.69, 9.17) is 9.47 Å². The Hall–Kier alpha value is -3.85. The van der Waals surface area contributed by atoms with Crippen LogP contribution in [0.4, 0.5) is 24.5 Å². The lowest BCUT2D eigenvalue weighted by atomic mass is 10.2. The molecule has 0 saturated carbocycles. The third-order valence-corrected chi connectivity index (χ3v) is 4.20. The number of carbonyl (C=O) groups excluding carboxylic acids is 2. The average molecular weight is 444 g/mol. The Morgan fingerprint density at radius 1 is 0.844 bits per heavy atom. The molecular formula is C23H19F3N2O4. The number of benzene rings is 3. The van der Waals surface area contributed by atoms with E-state index in [9.17, 15) is 22.8 Å². The van der Waals surface area contributed by atoms with Crippen molar-refractivity contribution in [2.45, 2.75) is 6.18 Å². The third-order valence-electron chi connectivity index (χ3n) is 4.20. The van der Waals surface area contributed by atoms with Crippen molar-refractivity contribution >= 4 is 23.2 Å². The summed E-state index contributed by atoms with van der Waals surface area (Å²) in [5, 5.41) is 5.34. The lowest BCUT2D eigenvalue weighted by Gasteiger charge is -2.11. The number of rotatable bonds is 7. The predicted octanol–water partition coefficient (Wildman–Crippen LogP) is 5.33. The summed E-state index contributed by atoms with van der Waals surface area (Å²) in [4.78, 5) is 24.1. The molecule has 0 bridgehead atoms. The van der Waals surface area contributed by atoms with Crippen LogP contribution >= 0.6 is 0 Å². The van der Waals surface area contributed by atoms with Gasteiger partial charge in [0.25, 0.3) is 5.91 Å². The molecule has 3 rings (SSSR count). The summed E-state index contributed by atoms with van der Waals surface area (Å²) in [5.41, 5.74) is 0.461. The van der Waals surface area contributed by atoms with E-state index in [-0.39, 0.29) is 29.6 Å². The van der Waals surface area contributed by atoms with Crippen molar-refractivity contribution in [1.82, 2.24) is 0 Å². The Labute approximate surface area is 182 Å². The van der Waals surface area contributed by atoms with Crippen LogP contribution in [0.2, 0.25) is 0 Å². The highest BCUT2D eigenvalue weighted by atomic mass is 19.4. The summed E-state index contributed by atoms with van der Waals surface area (Å²) in [6.45, 7) is -0.0720. The van der Waals surface area contributed by atoms with Gasteiger partial charge in [0.2, 0.25) is 5.91 Å². The minimum Gasteiger partial charge on any atom is -0.457 e. The smallest absolute Gasteiger partial charge is 0.416 e. The van der Waals surface area contributed by atoms with E-state index < -0.39 is 17.6 Å². The molecule has 0 heterocycles. The molecule has 2 amide bonds. The molecule has 0 radical (unpaired) electrons. The Balaban J connectivity index is 1.66. The summed E-state index contributed by atoms with van der Waals surface area (Å²) < 4.78 is 48.8. The quantitative estimate of drug-likeness (QED) is 0.516. The van der Waals surface area contributed by atoms with Gasteiger partial charge in [-0.2, -0.15) is 13.2 Å². The van der Waals surface area contributed by atoms with E-state index in [0.717, 1.165) is 12.1 Å². The van der Waals surface area contributed by atoms with Gasteiger partial charge in [-0.25, -0.2) is 0 Å². The molecule has 0 aliphatic heterocycles. The van der Waals surface area contributed by atoms with Crippen LogP contribution in [0.3, 0.4) is 0 Å². The first kappa shape index (κ1) is 22.8. The second-order valence-electron chi connectivity index (χ2n) is 6.67. The fraction of sp³-hybridized carbons (Fsp3) is 0.130. The van der Waals surface area contributed by atoms with E-state index in [1.54, 1.807) is 36.4 Å². The van der Waals surface area contributed by atoms with E-state index >= 15 is 0 Å². The fourth-order valence-electron chi connectivity index (χ4n) is 2.74. The first-order valence-electron chi connectivity index (χ1n) is 9.40. The second-order valence-corrected chi connectivity index (χ2v) is 6.67. The topological polar surface area (TPSA) is 76.7 Å². The molecule has 0 atom stereocenters. The highest BCUT2D eigenvalue weighted by Crippen LogP contribution is 2.32. The zero-order valence-electron chi connectivity index (χ0n) is 16.9. The maximum atomic E-state index is 12.9. The van der Waals surface area contributed by atoms with Crippen molar-refractivity contribution in [3.05, 3.63) is 83.9 Å². The molecule has 6 nitrogen and oxygen atoms in total. The largest absolute Gasteiger partial charge is 0.457 e. The van der Waals surface area contributed by atoms with Crippen LogP contribution in [-0.2, 0) is 15.7 Å². The van der Waals surface area contributed by atoms with Crippen LogP contribution in [0, 0.1) is 0 Å². The van der Waals surface area contributed by atoms with Crippen LogP contribution in [0.25, 0.3) is 0 Å². The Morgan fingerprint density at radius 3 is 2.06 bits per heavy atom. The highest BCUT2D eigenvalue weighted by molar-refractivity contribution is 6.04. The number of hydrogen-bond donors (Lipinski definition) is 2. The van der Waals surface area contributed by atoms with E-state index in [1.807, 2.05) is 0 Å². The van der Waals surface area contributed by atoms with Crippen LogP contribution in [-0.4, -0.2) is 25.5 Å². The van der Waals surface area contributed by atoms with Gasteiger partial charge in [-0.15, -0.1) is 0 Å². The standard InChI is InChI=1S/C23H19F3N2O4/c1-31-14-21(29)27-17-8-10-18(11-9-17)28-22(30)15-4-2-6-19(12-15)32-20-7-3-5-16(13-20)23(24,25)26/h2-13H,14H2,1H3,(H,27,29)(H,28,30). The minimum absolute atomic E-state index is 0.00323. The third kappa shape index (κ3) is 6.32. The molecule has 0 aliphatic rings. The number of methoxy groups -OCH3 is 1. The summed E-state index contributed by atoms with van der Waals surface area (Å²) in [6, 6.07) is 17.0. The monoisotopic (exact) mass is 444 g/mol. The van der Waals surface area contributed by atoms with Gasteiger partial charge in [-0.1, -0.05) is 12.1 Å². The van der Waals surface area contributed by atoms with Crippen molar-refractivity contribution in [3.8, 4) is 11.5 Å². The zero-order chi connectivity index (χ0) is 23.1. The number of ether oxygens (including phenoxy) is 2. The molecule has 32 heavy (non-hydrogen) atoms. The van der Waals surface area contributed by atoms with Gasteiger partial charge in [-0.3, -0.25) is 9.59 Å². The van der Waals surface area contributed by atoms with Gasteiger partial charge < -0.3 is 20.1 Å². The molecule has 0 fully saturated rings. The minimum atomic E-state index is -4.48. The normalized spacial score (nSPS) is 11.0. The summed E-state index contributed by atoms with van der Waals surface area (Å²) in [7, 11) is 1.41. The average Bonchev–Trinajstić information content (AvgIpc) is 2.75. The lowest BCUT2D eigenvalue weighted by Crippen LogP contribution is -2.17. The molecular weight excluding hydrogens is 425 g/mol. The number of halogens is 3. The summed E-state index contributed by atoms with van der Waals surface area (Å²) >= 11 is 0. The van der Waals surface area contributed by atoms with Gasteiger partial charge in [0, 0.05) is 24.0 Å². The van der Waals surface area contributed by atoms with Crippen LogP contribution in [0.5, 0.6) is 11.5 Å². The van der Waals surface area contributed by atoms with Crippen LogP contribution in [0.1, 0.15) is 15.9 Å². The first-order chi connectivity index (χ1) is 15.2. The van der Waals surface area contributed by atoms with E-state index in [0.29, 0.717) is 11.4 Å². The maximum absolute atomic E-state index is 12.9. The van der Waals surface area contributed by atoms with E-state index in [2.05, 4.69) is 10.6 Å². The molecule has 2 N–H and O–H groups in total. The highest BCUT2D eigenvalue weighted by Gasteiger charge is 2.30. The van der Waals surface area contributed by atoms with Crippen molar-refractivity contribution < 1.29 is 32.2 Å². The molecule has 0 aliphatic carbocycles. The zero-order valence-corrected chi connectivity index (χ0v) is 16.9. The van der Waals surface area contributed by atoms with Gasteiger partial charge in [0.15, 0.2) is 0 Å². The number of carbonyl (C=O) groups is 2. The van der Waals surface area contributed by atoms with Gasteiger partial charge in [0.1, 0.15) is 18.1 Å². The van der Waals surface area contributed by atoms with Crippen molar-refractivity contribution in [2.24, 2.45) is 0 Å². The lowest BCUT2D eigenvalue weighted by molar-refractivity contribution is -0.137. The van der Waals surface area contributed by atoms with E-state index in [1.165, 1.54) is 31.4 Å². The van der Waals surface area contributed by atoms with Gasteiger partial charge in [0.05, 0.1) is 5.56 Å². The Morgan fingerprint density at radius 2 is 1.44 bits per heavy atom. The van der Waals surface area contributed by atoms with Crippen LogP contribution < -0.4 is 15.4 Å². The molecule has 0 aromatic heterocycles. The molecule has 0 spiro atoms. The SMILES string of the molecule is COCC(=O)Nc1ccc(NC(=O)c2cccc(Oc3cccc(C(F)(F)F)c3)c2)cc1. The molecule has 9 heteroatoms.